The van der Waals surface area contributed by atoms with Gasteiger partial charge in [-0.25, -0.2) is 4.79 Å². The van der Waals surface area contributed by atoms with Gasteiger partial charge in [0.2, 0.25) is 0 Å². The molecular formula is C27H35NO7. The van der Waals surface area contributed by atoms with Gasteiger partial charge in [-0.3, -0.25) is 4.79 Å². The molecule has 0 radical (unpaired) electrons. The summed E-state index contributed by atoms with van der Waals surface area (Å²) in [6.45, 7) is 6.68. The van der Waals surface area contributed by atoms with Gasteiger partial charge in [0, 0.05) is 56.3 Å². The minimum absolute atomic E-state index is 0.0295. The molecular weight excluding hydrogens is 450 g/mol. The standard InChI is InChI=1S/C27H35NO7/c1-7-34-26(30)20-14-28-21(13-22(20)29)19-12-23(33-6)24(35-18-10-17(11-18)32-5)8-16(19)9-25(28)27(2,3)15-31-4/h8,12-14,17-18,25H,7,9-11,15H2,1-6H3/t17-,18-,25?. The molecule has 8 nitrogen and oxygen atoms in total. The van der Waals surface area contributed by atoms with E-state index in [-0.39, 0.29) is 41.3 Å². The van der Waals surface area contributed by atoms with E-state index in [0.29, 0.717) is 24.5 Å². The van der Waals surface area contributed by atoms with Gasteiger partial charge < -0.3 is 28.3 Å². The Labute approximate surface area is 206 Å². The van der Waals surface area contributed by atoms with E-state index in [9.17, 15) is 9.59 Å². The molecule has 190 valence electrons. The molecule has 0 saturated heterocycles. The molecule has 1 saturated carbocycles. The maximum absolute atomic E-state index is 13.0. The highest BCUT2D eigenvalue weighted by Gasteiger charge is 2.38. The molecule has 1 aliphatic carbocycles. The van der Waals surface area contributed by atoms with Crippen LogP contribution in [-0.4, -0.2) is 57.3 Å². The first-order valence-corrected chi connectivity index (χ1v) is 12.0. The third-order valence-corrected chi connectivity index (χ3v) is 7.09. The molecule has 1 fully saturated rings. The summed E-state index contributed by atoms with van der Waals surface area (Å²) in [7, 11) is 5.00. The number of fused-ring (bicyclic) bond motifs is 3. The molecule has 4 rings (SSSR count). The van der Waals surface area contributed by atoms with Gasteiger partial charge in [0.1, 0.15) is 11.7 Å². The quantitative estimate of drug-likeness (QED) is 0.496. The summed E-state index contributed by atoms with van der Waals surface area (Å²) in [5.41, 5.74) is 2.04. The maximum atomic E-state index is 13.0. The summed E-state index contributed by atoms with van der Waals surface area (Å²) < 4.78 is 30.0. The average Bonchev–Trinajstić information content (AvgIpc) is 2.79. The van der Waals surface area contributed by atoms with Crippen LogP contribution in [0.25, 0.3) is 11.3 Å². The van der Waals surface area contributed by atoms with Crippen molar-refractivity contribution in [2.45, 2.75) is 58.3 Å². The molecule has 0 N–H and O–H groups in total. The van der Waals surface area contributed by atoms with Gasteiger partial charge >= 0.3 is 5.97 Å². The van der Waals surface area contributed by atoms with Crippen LogP contribution < -0.4 is 14.9 Å². The van der Waals surface area contributed by atoms with E-state index >= 15 is 0 Å². The highest BCUT2D eigenvalue weighted by molar-refractivity contribution is 5.89. The van der Waals surface area contributed by atoms with E-state index in [1.807, 2.05) is 16.7 Å². The molecule has 0 amide bonds. The fourth-order valence-electron chi connectivity index (χ4n) is 5.06. The topological polar surface area (TPSA) is 85.2 Å². The molecule has 0 spiro atoms. The minimum Gasteiger partial charge on any atom is -0.493 e. The van der Waals surface area contributed by atoms with Gasteiger partial charge in [-0.15, -0.1) is 0 Å². The van der Waals surface area contributed by atoms with E-state index < -0.39 is 5.97 Å². The molecule has 1 aliphatic heterocycles. The predicted octanol–water partition coefficient (Wildman–Crippen LogP) is 4.03. The molecule has 35 heavy (non-hydrogen) atoms. The van der Waals surface area contributed by atoms with Gasteiger partial charge in [-0.1, -0.05) is 13.8 Å². The van der Waals surface area contributed by atoms with Crippen molar-refractivity contribution in [1.82, 2.24) is 4.57 Å². The number of esters is 1. The largest absolute Gasteiger partial charge is 0.493 e. The van der Waals surface area contributed by atoms with Crippen molar-refractivity contribution in [3.05, 3.63) is 45.7 Å². The predicted molar refractivity (Wildman–Crippen MR) is 131 cm³/mol. The summed E-state index contributed by atoms with van der Waals surface area (Å²) in [5.74, 6) is 0.679. The Morgan fingerprint density at radius 1 is 1.09 bits per heavy atom. The molecule has 1 atom stereocenters. The zero-order valence-corrected chi connectivity index (χ0v) is 21.4. The molecule has 2 aliphatic rings. The number of ether oxygens (including phenoxy) is 5. The molecule has 2 aromatic rings. The number of carbonyl (C=O) groups is 1. The molecule has 1 aromatic heterocycles. The number of benzene rings is 1. The second-order valence-electron chi connectivity index (χ2n) is 9.94. The van der Waals surface area contributed by atoms with E-state index in [1.165, 1.54) is 6.07 Å². The van der Waals surface area contributed by atoms with Crippen LogP contribution in [0.4, 0.5) is 0 Å². The SMILES string of the molecule is CCOC(=O)c1cn2c(cc1=O)-c1cc(OC)c(O[C@H]3C[C@H](OC)C3)cc1CC2C(C)(C)COC. The second kappa shape index (κ2) is 10.0. The molecule has 0 bridgehead atoms. The average molecular weight is 486 g/mol. The van der Waals surface area contributed by atoms with E-state index in [2.05, 4.69) is 13.8 Å². The van der Waals surface area contributed by atoms with Crippen LogP contribution in [0.2, 0.25) is 0 Å². The van der Waals surface area contributed by atoms with Gasteiger partial charge in [0.25, 0.3) is 0 Å². The summed E-state index contributed by atoms with van der Waals surface area (Å²) in [6.07, 6.45) is 4.31. The highest BCUT2D eigenvalue weighted by atomic mass is 16.5. The van der Waals surface area contributed by atoms with Crippen molar-refractivity contribution in [2.24, 2.45) is 5.41 Å². The van der Waals surface area contributed by atoms with Crippen molar-refractivity contribution in [1.29, 1.82) is 0 Å². The zero-order valence-electron chi connectivity index (χ0n) is 21.4. The van der Waals surface area contributed by atoms with E-state index in [0.717, 1.165) is 29.7 Å². The summed E-state index contributed by atoms with van der Waals surface area (Å²) in [5, 5.41) is 0. The van der Waals surface area contributed by atoms with Crippen LogP contribution >= 0.6 is 0 Å². The Morgan fingerprint density at radius 3 is 2.46 bits per heavy atom. The molecule has 8 heteroatoms. The lowest BCUT2D eigenvalue weighted by atomic mass is 9.77. The van der Waals surface area contributed by atoms with Gasteiger partial charge in [0.05, 0.1) is 32.1 Å². The van der Waals surface area contributed by atoms with Crippen molar-refractivity contribution < 1.29 is 28.5 Å². The number of nitrogens with zero attached hydrogens (tertiary/aromatic N) is 1. The maximum Gasteiger partial charge on any atom is 0.343 e. The number of hydrogen-bond donors (Lipinski definition) is 0. The fourth-order valence-corrected chi connectivity index (χ4v) is 5.06. The lowest BCUT2D eigenvalue weighted by Gasteiger charge is -2.41. The summed E-state index contributed by atoms with van der Waals surface area (Å²) >= 11 is 0. The summed E-state index contributed by atoms with van der Waals surface area (Å²) in [6, 6.07) is 5.40. The van der Waals surface area contributed by atoms with Crippen molar-refractivity contribution in [3.63, 3.8) is 0 Å². The van der Waals surface area contributed by atoms with E-state index in [4.69, 9.17) is 23.7 Å². The minimum atomic E-state index is -0.613. The highest BCUT2D eigenvalue weighted by Crippen LogP contribution is 2.46. The smallest absolute Gasteiger partial charge is 0.343 e. The van der Waals surface area contributed by atoms with Crippen LogP contribution in [0.3, 0.4) is 0 Å². The van der Waals surface area contributed by atoms with Gasteiger partial charge in [-0.2, -0.15) is 0 Å². The number of rotatable bonds is 9. The third kappa shape index (κ3) is 4.82. The summed E-state index contributed by atoms with van der Waals surface area (Å²) in [4.78, 5) is 25.5. The van der Waals surface area contributed by atoms with E-state index in [1.54, 1.807) is 34.4 Å². The number of carbonyl (C=O) groups excluding carboxylic acids is 1. The van der Waals surface area contributed by atoms with Crippen LogP contribution in [0.15, 0.2) is 29.2 Å². The Morgan fingerprint density at radius 2 is 1.83 bits per heavy atom. The van der Waals surface area contributed by atoms with Crippen LogP contribution in [0.5, 0.6) is 11.5 Å². The van der Waals surface area contributed by atoms with Crippen molar-refractivity contribution >= 4 is 5.97 Å². The van der Waals surface area contributed by atoms with Crippen molar-refractivity contribution in [3.8, 4) is 22.8 Å². The lowest BCUT2D eigenvalue weighted by molar-refractivity contribution is -0.0388. The first-order chi connectivity index (χ1) is 16.7. The Hall–Kier alpha value is -2.84. The second-order valence-corrected chi connectivity index (χ2v) is 9.94. The first-order valence-electron chi connectivity index (χ1n) is 12.0. The molecule has 1 aromatic carbocycles. The number of hydrogen-bond acceptors (Lipinski definition) is 7. The van der Waals surface area contributed by atoms with Crippen LogP contribution in [0, 0.1) is 5.41 Å². The van der Waals surface area contributed by atoms with Crippen molar-refractivity contribution in [2.75, 3.05) is 34.5 Å². The third-order valence-electron chi connectivity index (χ3n) is 7.09. The molecule has 1 unspecified atom stereocenters. The van der Waals surface area contributed by atoms with Gasteiger partial charge in [0.15, 0.2) is 16.9 Å². The first kappa shape index (κ1) is 25.3. The van der Waals surface area contributed by atoms with Crippen LogP contribution in [0.1, 0.15) is 55.6 Å². The Balaban J connectivity index is 1.82. The number of pyridine rings is 1. The Kier molecular flexibility index (Phi) is 7.24. The zero-order chi connectivity index (χ0) is 25.3. The number of methoxy groups -OCH3 is 3. The normalized spacial score (nSPS) is 20.9. The number of aromatic nitrogens is 1. The monoisotopic (exact) mass is 485 g/mol. The molecule has 2 heterocycles. The van der Waals surface area contributed by atoms with Crippen LogP contribution in [-0.2, 0) is 20.6 Å². The van der Waals surface area contributed by atoms with Gasteiger partial charge in [-0.05, 0) is 31.0 Å². The fraction of sp³-hybridized carbons (Fsp3) is 0.556. The Bertz CT molecular complexity index is 1150. The lowest BCUT2D eigenvalue weighted by Crippen LogP contribution is -2.39.